The number of aromatic carboxylic acids is 1. The van der Waals surface area contributed by atoms with Gasteiger partial charge in [-0.05, 0) is 35.7 Å². The van der Waals surface area contributed by atoms with Crippen molar-refractivity contribution in [2.24, 2.45) is 0 Å². The fraction of sp³-hybridized carbons (Fsp3) is 0.286. The minimum Gasteiger partial charge on any atom is -0.478 e. The molecule has 1 amide bonds. The number of carboxylic acids is 1. The molecule has 2 aromatic carbocycles. The highest BCUT2D eigenvalue weighted by atomic mass is 16.5. The van der Waals surface area contributed by atoms with E-state index in [0.717, 1.165) is 5.56 Å². The number of carbonyl (C=O) groups is 3. The van der Waals surface area contributed by atoms with Gasteiger partial charge in [-0.1, -0.05) is 30.3 Å². The molecule has 0 spiro atoms. The molecule has 0 radical (unpaired) electrons. The summed E-state index contributed by atoms with van der Waals surface area (Å²) >= 11 is 0. The topological polar surface area (TPSA) is 95.9 Å². The van der Waals surface area contributed by atoms with Gasteiger partial charge in [0.25, 0.3) is 0 Å². The molecule has 7 heteroatoms. The first-order valence-corrected chi connectivity index (χ1v) is 9.00. The van der Waals surface area contributed by atoms with Gasteiger partial charge in [-0.2, -0.15) is 0 Å². The number of anilines is 1. The third-order valence-corrected chi connectivity index (χ3v) is 4.76. The molecule has 0 unspecified atom stereocenters. The third kappa shape index (κ3) is 4.49. The minimum absolute atomic E-state index is 0.0999. The zero-order chi connectivity index (χ0) is 20.1. The molecule has 1 heterocycles. The van der Waals surface area contributed by atoms with Crippen LogP contribution in [-0.2, 0) is 27.3 Å². The normalized spacial score (nSPS) is 16.0. The van der Waals surface area contributed by atoms with E-state index in [2.05, 4.69) is 5.32 Å². The van der Waals surface area contributed by atoms with Gasteiger partial charge in [-0.15, -0.1) is 0 Å². The molecule has 2 aromatic rings. The van der Waals surface area contributed by atoms with Gasteiger partial charge in [-0.3, -0.25) is 9.59 Å². The predicted molar refractivity (Wildman–Crippen MR) is 103 cm³/mol. The van der Waals surface area contributed by atoms with Gasteiger partial charge in [0.15, 0.2) is 0 Å². The van der Waals surface area contributed by atoms with E-state index >= 15 is 0 Å². The highest BCUT2D eigenvalue weighted by Crippen LogP contribution is 2.26. The lowest BCUT2D eigenvalue weighted by atomic mass is 10.1. The van der Waals surface area contributed by atoms with Crippen LogP contribution in [-0.4, -0.2) is 47.5 Å². The number of amides is 1. The maximum absolute atomic E-state index is 13.0. The lowest BCUT2D eigenvalue weighted by molar-refractivity contribution is -0.144. The summed E-state index contributed by atoms with van der Waals surface area (Å²) in [5.41, 5.74) is 2.60. The quantitative estimate of drug-likeness (QED) is 0.745. The van der Waals surface area contributed by atoms with Gasteiger partial charge < -0.3 is 20.1 Å². The molecular weight excluding hydrogens is 360 g/mol. The summed E-state index contributed by atoms with van der Waals surface area (Å²) < 4.78 is 4.72. The number of carboxylic acid groups (broad SMARTS) is 1. The SMILES string of the molecule is COC(=O)C[C@H]1Nc2ccc(C(=O)O)cc2CN(CCc2ccccc2)C1=O. The van der Waals surface area contributed by atoms with Crippen LogP contribution in [0.1, 0.15) is 27.9 Å². The Morgan fingerprint density at radius 1 is 1.21 bits per heavy atom. The first-order valence-electron chi connectivity index (χ1n) is 9.00. The number of methoxy groups -OCH3 is 1. The fourth-order valence-corrected chi connectivity index (χ4v) is 3.24. The van der Waals surface area contributed by atoms with Crippen LogP contribution in [0.2, 0.25) is 0 Å². The van der Waals surface area contributed by atoms with Gasteiger partial charge in [0.2, 0.25) is 5.91 Å². The second kappa shape index (κ2) is 8.56. The largest absolute Gasteiger partial charge is 0.478 e. The Morgan fingerprint density at radius 3 is 2.64 bits per heavy atom. The summed E-state index contributed by atoms with van der Waals surface area (Å²) in [6.07, 6.45) is 0.558. The zero-order valence-corrected chi connectivity index (χ0v) is 15.6. The number of hydrogen-bond acceptors (Lipinski definition) is 5. The van der Waals surface area contributed by atoms with Crippen LogP contribution in [0.15, 0.2) is 48.5 Å². The maximum Gasteiger partial charge on any atom is 0.335 e. The Morgan fingerprint density at radius 2 is 1.96 bits per heavy atom. The van der Waals surface area contributed by atoms with Crippen molar-refractivity contribution < 1.29 is 24.2 Å². The summed E-state index contributed by atoms with van der Waals surface area (Å²) in [6, 6.07) is 13.7. The summed E-state index contributed by atoms with van der Waals surface area (Å²) in [7, 11) is 1.28. The van der Waals surface area contributed by atoms with Crippen LogP contribution < -0.4 is 5.32 Å². The van der Waals surface area contributed by atoms with Crippen molar-refractivity contribution in [2.45, 2.75) is 25.4 Å². The molecule has 0 aliphatic carbocycles. The van der Waals surface area contributed by atoms with E-state index in [1.807, 2.05) is 30.3 Å². The Balaban J connectivity index is 1.88. The smallest absolute Gasteiger partial charge is 0.335 e. The van der Waals surface area contributed by atoms with Crippen LogP contribution in [0.4, 0.5) is 5.69 Å². The molecule has 7 nitrogen and oxygen atoms in total. The molecule has 28 heavy (non-hydrogen) atoms. The Labute approximate surface area is 162 Å². The van der Waals surface area contributed by atoms with Gasteiger partial charge in [0.05, 0.1) is 19.1 Å². The van der Waals surface area contributed by atoms with Crippen LogP contribution in [0.3, 0.4) is 0 Å². The Hall–Kier alpha value is -3.35. The van der Waals surface area contributed by atoms with Crippen molar-refractivity contribution in [3.63, 3.8) is 0 Å². The number of rotatable bonds is 6. The summed E-state index contributed by atoms with van der Waals surface area (Å²) in [5, 5.41) is 12.4. The number of ether oxygens (including phenoxy) is 1. The second-order valence-corrected chi connectivity index (χ2v) is 6.65. The average molecular weight is 382 g/mol. The Bertz CT molecular complexity index is 882. The van der Waals surface area contributed by atoms with E-state index in [9.17, 15) is 19.5 Å². The zero-order valence-electron chi connectivity index (χ0n) is 15.6. The van der Waals surface area contributed by atoms with Crippen molar-refractivity contribution in [2.75, 3.05) is 19.0 Å². The molecule has 146 valence electrons. The molecule has 1 aliphatic heterocycles. The molecular formula is C21H22N2O5. The van der Waals surface area contributed by atoms with Crippen LogP contribution in [0, 0.1) is 0 Å². The van der Waals surface area contributed by atoms with Gasteiger partial charge in [0, 0.05) is 18.8 Å². The highest BCUT2D eigenvalue weighted by Gasteiger charge is 2.31. The molecule has 0 bridgehead atoms. The maximum atomic E-state index is 13.0. The third-order valence-electron chi connectivity index (χ3n) is 4.76. The molecule has 1 atom stereocenters. The number of nitrogens with one attached hydrogen (secondary N) is 1. The molecule has 0 fully saturated rings. The first kappa shape index (κ1) is 19.4. The van der Waals surface area contributed by atoms with Crippen LogP contribution >= 0.6 is 0 Å². The first-order chi connectivity index (χ1) is 13.5. The Kier molecular flexibility index (Phi) is 5.93. The van der Waals surface area contributed by atoms with Crippen molar-refractivity contribution >= 4 is 23.5 Å². The van der Waals surface area contributed by atoms with Crippen LogP contribution in [0.5, 0.6) is 0 Å². The molecule has 0 saturated carbocycles. The van der Waals surface area contributed by atoms with E-state index in [1.54, 1.807) is 17.0 Å². The van der Waals surface area contributed by atoms with Crippen LogP contribution in [0.25, 0.3) is 0 Å². The van der Waals surface area contributed by atoms with Crippen molar-refractivity contribution in [1.82, 2.24) is 4.90 Å². The number of esters is 1. The van der Waals surface area contributed by atoms with E-state index in [-0.39, 0.29) is 24.4 Å². The van der Waals surface area contributed by atoms with Gasteiger partial charge >= 0.3 is 11.9 Å². The number of nitrogens with zero attached hydrogens (tertiary/aromatic N) is 1. The van der Waals surface area contributed by atoms with Crippen molar-refractivity contribution in [1.29, 1.82) is 0 Å². The van der Waals surface area contributed by atoms with Crippen molar-refractivity contribution in [3.8, 4) is 0 Å². The molecule has 0 aromatic heterocycles. The summed E-state index contributed by atoms with van der Waals surface area (Å²) in [6.45, 7) is 0.728. The minimum atomic E-state index is -1.03. The molecule has 2 N–H and O–H groups in total. The summed E-state index contributed by atoms with van der Waals surface area (Å²) in [4.78, 5) is 37.8. The molecule has 0 saturated heterocycles. The number of carbonyl (C=O) groups excluding carboxylic acids is 2. The van der Waals surface area contributed by atoms with E-state index in [0.29, 0.717) is 24.2 Å². The van der Waals surface area contributed by atoms with Gasteiger partial charge in [-0.25, -0.2) is 4.79 Å². The fourth-order valence-electron chi connectivity index (χ4n) is 3.24. The number of fused-ring (bicyclic) bond motifs is 1. The average Bonchev–Trinajstić information content (AvgIpc) is 2.83. The second-order valence-electron chi connectivity index (χ2n) is 6.65. The predicted octanol–water partition coefficient (Wildman–Crippen LogP) is 2.31. The lowest BCUT2D eigenvalue weighted by Gasteiger charge is -2.24. The standard InChI is InChI=1S/C21H22N2O5/c1-28-19(24)12-18-20(25)23(10-9-14-5-3-2-4-6-14)13-16-11-15(21(26)27)7-8-17(16)22-18/h2-8,11,18,22H,9-10,12-13H2,1H3,(H,26,27)/t18-/m1/s1. The molecule has 1 aliphatic rings. The lowest BCUT2D eigenvalue weighted by Crippen LogP contribution is -2.42. The van der Waals surface area contributed by atoms with Gasteiger partial charge in [0.1, 0.15) is 6.04 Å². The number of hydrogen-bond donors (Lipinski definition) is 2. The van der Waals surface area contributed by atoms with Crippen molar-refractivity contribution in [3.05, 3.63) is 65.2 Å². The summed E-state index contributed by atoms with van der Waals surface area (Å²) in [5.74, 6) is -1.73. The van der Waals surface area contributed by atoms with E-state index < -0.39 is 18.0 Å². The van der Waals surface area contributed by atoms with E-state index in [1.165, 1.54) is 13.2 Å². The molecule has 3 rings (SSSR count). The monoisotopic (exact) mass is 382 g/mol. The highest BCUT2D eigenvalue weighted by molar-refractivity contribution is 5.92. The van der Waals surface area contributed by atoms with E-state index in [4.69, 9.17) is 4.74 Å². The number of benzene rings is 2.